The third-order valence-electron chi connectivity index (χ3n) is 1.89. The van der Waals surface area contributed by atoms with Crippen LogP contribution in [0.2, 0.25) is 0 Å². The van der Waals surface area contributed by atoms with Crippen molar-refractivity contribution in [2.75, 3.05) is 0 Å². The van der Waals surface area contributed by atoms with Crippen molar-refractivity contribution in [3.63, 3.8) is 0 Å². The molecule has 2 aromatic rings. The fourth-order valence-corrected chi connectivity index (χ4v) is 1.78. The predicted octanol–water partition coefficient (Wildman–Crippen LogP) is 1.22. The second kappa shape index (κ2) is 4.50. The molecule has 2 aromatic heterocycles. The summed E-state index contributed by atoms with van der Waals surface area (Å²) in [7, 11) is 0. The Kier molecular flexibility index (Phi) is 3.08. The molecular weight excluding hydrogens is 210 g/mol. The van der Waals surface area contributed by atoms with Gasteiger partial charge in [0.25, 0.3) is 0 Å². The van der Waals surface area contributed by atoms with Crippen molar-refractivity contribution in [3.8, 4) is 5.13 Å². The first-order valence-corrected chi connectivity index (χ1v) is 5.67. The zero-order valence-electron chi connectivity index (χ0n) is 8.71. The Labute approximate surface area is 92.2 Å². The minimum absolute atomic E-state index is 0.437. The summed E-state index contributed by atoms with van der Waals surface area (Å²) >= 11 is 1.55. The molecule has 80 valence electrons. The number of nitrogens with one attached hydrogen (secondary N) is 1. The Morgan fingerprint density at radius 3 is 3.00 bits per heavy atom. The van der Waals surface area contributed by atoms with E-state index in [4.69, 9.17) is 0 Å². The maximum atomic E-state index is 4.20. The highest BCUT2D eigenvalue weighted by Crippen LogP contribution is 2.11. The lowest BCUT2D eigenvalue weighted by Gasteiger charge is -2.07. The van der Waals surface area contributed by atoms with E-state index in [-0.39, 0.29) is 0 Å². The zero-order valence-corrected chi connectivity index (χ0v) is 9.53. The highest BCUT2D eigenvalue weighted by atomic mass is 32.1. The summed E-state index contributed by atoms with van der Waals surface area (Å²) in [6, 6.07) is 0.437. The molecule has 0 fully saturated rings. The van der Waals surface area contributed by atoms with Crippen molar-refractivity contribution < 1.29 is 0 Å². The maximum Gasteiger partial charge on any atom is 0.212 e. The van der Waals surface area contributed by atoms with E-state index in [0.29, 0.717) is 12.6 Å². The van der Waals surface area contributed by atoms with Crippen molar-refractivity contribution in [2.45, 2.75) is 26.4 Å². The largest absolute Gasteiger partial charge is 0.308 e. The molecule has 0 aliphatic heterocycles. The summed E-state index contributed by atoms with van der Waals surface area (Å²) in [6.07, 6.45) is 3.32. The average molecular weight is 223 g/mol. The molecule has 0 saturated carbocycles. The third kappa shape index (κ3) is 2.40. The minimum Gasteiger partial charge on any atom is -0.308 e. The van der Waals surface area contributed by atoms with Crippen LogP contribution < -0.4 is 5.32 Å². The van der Waals surface area contributed by atoms with Crippen molar-refractivity contribution in [1.82, 2.24) is 25.1 Å². The summed E-state index contributed by atoms with van der Waals surface area (Å²) in [4.78, 5) is 8.40. The van der Waals surface area contributed by atoms with Crippen LogP contribution >= 0.6 is 11.3 Å². The van der Waals surface area contributed by atoms with E-state index in [2.05, 4.69) is 34.2 Å². The minimum atomic E-state index is 0.437. The smallest absolute Gasteiger partial charge is 0.212 e. The van der Waals surface area contributed by atoms with E-state index in [1.54, 1.807) is 28.5 Å². The van der Waals surface area contributed by atoms with E-state index in [9.17, 15) is 0 Å². The quantitative estimate of drug-likeness (QED) is 0.846. The van der Waals surface area contributed by atoms with Crippen LogP contribution in [-0.2, 0) is 6.54 Å². The zero-order chi connectivity index (χ0) is 10.7. The van der Waals surface area contributed by atoms with E-state index >= 15 is 0 Å². The van der Waals surface area contributed by atoms with Gasteiger partial charge in [0.2, 0.25) is 5.13 Å². The van der Waals surface area contributed by atoms with Gasteiger partial charge in [0.15, 0.2) is 0 Å². The molecule has 1 N–H and O–H groups in total. The summed E-state index contributed by atoms with van der Waals surface area (Å²) in [6.45, 7) is 4.91. The molecule has 0 bridgehead atoms. The van der Waals surface area contributed by atoms with E-state index in [1.165, 1.54) is 0 Å². The van der Waals surface area contributed by atoms with Crippen LogP contribution in [0.4, 0.5) is 0 Å². The first-order chi connectivity index (χ1) is 7.27. The fraction of sp³-hybridized carbons (Fsp3) is 0.444. The Balaban J connectivity index is 2.16. The molecule has 0 saturated heterocycles. The van der Waals surface area contributed by atoms with Crippen LogP contribution in [0.25, 0.3) is 5.13 Å². The first kappa shape index (κ1) is 10.3. The second-order valence-electron chi connectivity index (χ2n) is 3.44. The van der Waals surface area contributed by atoms with Gasteiger partial charge in [-0.05, 0) is 0 Å². The van der Waals surface area contributed by atoms with Gasteiger partial charge in [-0.15, -0.1) is 11.3 Å². The maximum absolute atomic E-state index is 4.20. The first-order valence-electron chi connectivity index (χ1n) is 4.79. The normalized spacial score (nSPS) is 11.1. The van der Waals surface area contributed by atoms with Crippen LogP contribution in [0.15, 0.2) is 17.9 Å². The van der Waals surface area contributed by atoms with Gasteiger partial charge in [-0.1, -0.05) is 13.8 Å². The van der Waals surface area contributed by atoms with Crippen molar-refractivity contribution in [3.05, 3.63) is 23.7 Å². The van der Waals surface area contributed by atoms with Gasteiger partial charge < -0.3 is 5.32 Å². The van der Waals surface area contributed by atoms with Crippen LogP contribution in [0.1, 0.15) is 19.7 Å². The van der Waals surface area contributed by atoms with Crippen LogP contribution in [0.5, 0.6) is 0 Å². The Morgan fingerprint density at radius 1 is 1.47 bits per heavy atom. The van der Waals surface area contributed by atoms with Crippen molar-refractivity contribution in [2.24, 2.45) is 0 Å². The number of hydrogen-bond acceptors (Lipinski definition) is 5. The van der Waals surface area contributed by atoms with Gasteiger partial charge in [0.05, 0.1) is 6.54 Å². The van der Waals surface area contributed by atoms with Crippen LogP contribution in [0, 0.1) is 0 Å². The summed E-state index contributed by atoms with van der Waals surface area (Å²) < 4.78 is 1.76. The summed E-state index contributed by atoms with van der Waals surface area (Å²) in [5.74, 6) is 0.888. The summed E-state index contributed by atoms with van der Waals surface area (Å²) in [5.41, 5.74) is 0. The van der Waals surface area contributed by atoms with E-state index < -0.39 is 0 Å². The molecular formula is C9H13N5S. The molecule has 2 heterocycles. The number of rotatable bonds is 4. The molecule has 0 spiro atoms. The van der Waals surface area contributed by atoms with E-state index in [1.807, 2.05) is 5.38 Å². The molecule has 0 aromatic carbocycles. The SMILES string of the molecule is CC(C)NCc1ncnn1-c1nccs1. The van der Waals surface area contributed by atoms with Gasteiger partial charge in [-0.25, -0.2) is 9.97 Å². The van der Waals surface area contributed by atoms with Crippen molar-refractivity contribution >= 4 is 11.3 Å². The average Bonchev–Trinajstić information content (AvgIpc) is 2.85. The lowest BCUT2D eigenvalue weighted by Crippen LogP contribution is -2.24. The molecule has 2 rings (SSSR count). The summed E-state index contributed by atoms with van der Waals surface area (Å²) in [5, 5.41) is 10.2. The molecule has 0 aliphatic carbocycles. The lowest BCUT2D eigenvalue weighted by atomic mass is 10.4. The molecule has 0 unspecified atom stereocenters. The molecule has 15 heavy (non-hydrogen) atoms. The highest BCUT2D eigenvalue weighted by Gasteiger charge is 2.08. The monoisotopic (exact) mass is 223 g/mol. The number of nitrogens with zero attached hydrogens (tertiary/aromatic N) is 4. The molecule has 0 aliphatic rings. The molecule has 0 amide bonds. The second-order valence-corrected chi connectivity index (χ2v) is 4.31. The Hall–Kier alpha value is -1.27. The van der Waals surface area contributed by atoms with Crippen LogP contribution in [-0.4, -0.2) is 25.8 Å². The fourth-order valence-electron chi connectivity index (χ4n) is 1.16. The predicted molar refractivity (Wildman–Crippen MR) is 59.0 cm³/mol. The van der Waals surface area contributed by atoms with E-state index in [0.717, 1.165) is 11.0 Å². The Morgan fingerprint density at radius 2 is 2.33 bits per heavy atom. The standard InChI is InChI=1S/C9H13N5S/c1-7(2)11-5-8-12-6-13-14(8)9-10-3-4-15-9/h3-4,6-7,11H,5H2,1-2H3. The molecule has 5 nitrogen and oxygen atoms in total. The van der Waals surface area contributed by atoms with Crippen LogP contribution in [0.3, 0.4) is 0 Å². The number of thiazole rings is 1. The Bertz CT molecular complexity index is 406. The topological polar surface area (TPSA) is 55.6 Å². The number of hydrogen-bond donors (Lipinski definition) is 1. The van der Waals surface area contributed by atoms with Gasteiger partial charge in [0.1, 0.15) is 12.2 Å². The van der Waals surface area contributed by atoms with Gasteiger partial charge in [-0.3, -0.25) is 0 Å². The van der Waals surface area contributed by atoms with Gasteiger partial charge in [-0.2, -0.15) is 9.78 Å². The lowest BCUT2D eigenvalue weighted by molar-refractivity contribution is 0.563. The van der Waals surface area contributed by atoms with Crippen molar-refractivity contribution in [1.29, 1.82) is 0 Å². The number of aromatic nitrogens is 4. The highest BCUT2D eigenvalue weighted by molar-refractivity contribution is 7.12. The third-order valence-corrected chi connectivity index (χ3v) is 2.63. The molecule has 0 radical (unpaired) electrons. The molecule has 6 heteroatoms. The van der Waals surface area contributed by atoms with Gasteiger partial charge in [0, 0.05) is 17.6 Å². The molecule has 0 atom stereocenters. The van der Waals surface area contributed by atoms with Gasteiger partial charge >= 0.3 is 0 Å².